The summed E-state index contributed by atoms with van der Waals surface area (Å²) in [6.45, 7) is 6.01. The Labute approximate surface area is 173 Å². The van der Waals surface area contributed by atoms with Crippen LogP contribution in [0.2, 0.25) is 0 Å². The molecule has 29 heavy (non-hydrogen) atoms. The molecular formula is C24H30N4O. The van der Waals surface area contributed by atoms with E-state index in [2.05, 4.69) is 45.5 Å². The van der Waals surface area contributed by atoms with Crippen LogP contribution in [-0.4, -0.2) is 22.9 Å². The van der Waals surface area contributed by atoms with Crippen LogP contribution in [0.4, 0.5) is 5.82 Å². The first-order valence-corrected chi connectivity index (χ1v) is 10.0. The van der Waals surface area contributed by atoms with Crippen LogP contribution in [0.15, 0.2) is 70.3 Å². The second-order valence-corrected chi connectivity index (χ2v) is 6.33. The van der Waals surface area contributed by atoms with Gasteiger partial charge in [0.05, 0.1) is 11.3 Å². The van der Waals surface area contributed by atoms with Crippen LogP contribution in [0.1, 0.15) is 44.0 Å². The van der Waals surface area contributed by atoms with Gasteiger partial charge in [-0.15, -0.1) is 0 Å². The average molecular weight is 391 g/mol. The lowest BCUT2D eigenvalue weighted by molar-refractivity contribution is 0.425. The van der Waals surface area contributed by atoms with Gasteiger partial charge in [0.25, 0.3) is 0 Å². The second-order valence-electron chi connectivity index (χ2n) is 6.33. The van der Waals surface area contributed by atoms with Gasteiger partial charge in [-0.05, 0) is 49.1 Å². The van der Waals surface area contributed by atoms with Crippen LogP contribution < -0.4 is 5.73 Å². The van der Waals surface area contributed by atoms with Crippen LogP contribution in [-0.2, 0) is 12.8 Å². The molecule has 2 N–H and O–H groups in total. The number of anilines is 1. The zero-order chi connectivity index (χ0) is 21.1. The molecule has 0 amide bonds. The van der Waals surface area contributed by atoms with Crippen LogP contribution in [0.5, 0.6) is 0 Å². The molecule has 0 bridgehead atoms. The minimum Gasteiger partial charge on any atom is -0.383 e. The molecule has 0 aliphatic rings. The van der Waals surface area contributed by atoms with E-state index in [0.717, 1.165) is 29.8 Å². The lowest BCUT2D eigenvalue weighted by Gasteiger charge is -2.04. The van der Waals surface area contributed by atoms with Crippen molar-refractivity contribution in [2.75, 3.05) is 12.8 Å². The molecule has 0 fully saturated rings. The first-order valence-electron chi connectivity index (χ1n) is 10.0. The number of aromatic nitrogens is 2. The maximum absolute atomic E-state index is 5.90. The summed E-state index contributed by atoms with van der Waals surface area (Å²) in [5.41, 5.74) is 11.1. The Bertz CT molecular complexity index is 940. The van der Waals surface area contributed by atoms with Crippen molar-refractivity contribution < 1.29 is 4.52 Å². The standard InChI is InChI=1S/C22H24N4O.C2H6/c1-3-5-18(24-2)12-11-16-7-9-17(10-8-16)14-19-15-21(27-26-19)20-6-4-13-25-22(20)23;1-2/h3-10,13,15H,11-12,14H2,1-2H3,(H2,23,25);1-2H3/b5-3-,24-18?;. The fraction of sp³-hybridized carbons (Fsp3) is 0.292. The summed E-state index contributed by atoms with van der Waals surface area (Å²) < 4.78 is 5.44. The molecule has 5 nitrogen and oxygen atoms in total. The zero-order valence-electron chi connectivity index (χ0n) is 17.7. The van der Waals surface area contributed by atoms with Gasteiger partial charge in [0.1, 0.15) is 5.82 Å². The van der Waals surface area contributed by atoms with E-state index in [-0.39, 0.29) is 0 Å². The van der Waals surface area contributed by atoms with E-state index in [1.807, 2.05) is 52.1 Å². The Morgan fingerprint density at radius 1 is 1.14 bits per heavy atom. The zero-order valence-corrected chi connectivity index (χ0v) is 17.7. The molecule has 3 rings (SSSR count). The van der Waals surface area contributed by atoms with Gasteiger partial charge in [-0.2, -0.15) is 0 Å². The minimum atomic E-state index is 0.442. The maximum atomic E-state index is 5.90. The van der Waals surface area contributed by atoms with Crippen molar-refractivity contribution in [1.82, 2.24) is 10.1 Å². The number of aryl methyl sites for hydroxylation is 1. The van der Waals surface area contributed by atoms with Gasteiger partial charge in [0.15, 0.2) is 5.76 Å². The number of benzene rings is 1. The molecule has 0 aliphatic carbocycles. The molecule has 2 aromatic heterocycles. The van der Waals surface area contributed by atoms with E-state index in [4.69, 9.17) is 10.3 Å². The number of nitrogens with zero attached hydrogens (tertiary/aromatic N) is 3. The summed E-state index contributed by atoms with van der Waals surface area (Å²) >= 11 is 0. The highest BCUT2D eigenvalue weighted by atomic mass is 16.5. The summed E-state index contributed by atoms with van der Waals surface area (Å²) in [6, 6.07) is 14.2. The minimum absolute atomic E-state index is 0.442. The molecule has 1 aromatic carbocycles. The van der Waals surface area contributed by atoms with Crippen LogP contribution in [0.25, 0.3) is 11.3 Å². The van der Waals surface area contributed by atoms with Crippen LogP contribution in [0, 0.1) is 0 Å². The summed E-state index contributed by atoms with van der Waals surface area (Å²) in [5.74, 6) is 1.08. The van der Waals surface area contributed by atoms with E-state index in [1.54, 1.807) is 6.20 Å². The molecular weight excluding hydrogens is 360 g/mol. The Balaban J connectivity index is 0.00000145. The Kier molecular flexibility index (Phi) is 8.83. The Morgan fingerprint density at radius 3 is 2.52 bits per heavy atom. The van der Waals surface area contributed by atoms with Gasteiger partial charge in [-0.1, -0.05) is 49.3 Å². The van der Waals surface area contributed by atoms with Crippen molar-refractivity contribution in [3.63, 3.8) is 0 Å². The predicted molar refractivity (Wildman–Crippen MR) is 121 cm³/mol. The number of pyridine rings is 1. The number of nitrogen functional groups attached to an aromatic ring is 1. The highest BCUT2D eigenvalue weighted by molar-refractivity contribution is 5.94. The van der Waals surface area contributed by atoms with E-state index < -0.39 is 0 Å². The molecule has 5 heteroatoms. The molecule has 0 saturated heterocycles. The van der Waals surface area contributed by atoms with Gasteiger partial charge in [0, 0.05) is 31.4 Å². The van der Waals surface area contributed by atoms with Crippen molar-refractivity contribution in [3.8, 4) is 11.3 Å². The first-order chi connectivity index (χ1) is 14.2. The van der Waals surface area contributed by atoms with Gasteiger partial charge in [0.2, 0.25) is 0 Å². The molecule has 0 spiro atoms. The molecule has 3 aromatic rings. The summed E-state index contributed by atoms with van der Waals surface area (Å²) in [4.78, 5) is 8.38. The quantitative estimate of drug-likeness (QED) is 0.539. The van der Waals surface area contributed by atoms with E-state index >= 15 is 0 Å². The topological polar surface area (TPSA) is 77.3 Å². The number of nitrogens with two attached hydrogens (primary N) is 1. The molecule has 0 saturated carbocycles. The Morgan fingerprint density at radius 2 is 1.86 bits per heavy atom. The number of hydrogen-bond donors (Lipinski definition) is 1. The highest BCUT2D eigenvalue weighted by Gasteiger charge is 2.10. The van der Waals surface area contributed by atoms with Crippen molar-refractivity contribution in [3.05, 3.63) is 77.6 Å². The molecule has 0 atom stereocenters. The van der Waals surface area contributed by atoms with Crippen LogP contribution >= 0.6 is 0 Å². The number of rotatable bonds is 7. The first kappa shape index (κ1) is 22.1. The van der Waals surface area contributed by atoms with E-state index in [1.165, 1.54) is 11.1 Å². The van der Waals surface area contributed by atoms with Gasteiger partial charge >= 0.3 is 0 Å². The Hall–Kier alpha value is -3.21. The van der Waals surface area contributed by atoms with Crippen molar-refractivity contribution in [2.45, 2.75) is 40.0 Å². The summed E-state index contributed by atoms with van der Waals surface area (Å²) in [6.07, 6.45) is 8.38. The smallest absolute Gasteiger partial charge is 0.170 e. The number of hydrogen-bond acceptors (Lipinski definition) is 5. The van der Waals surface area contributed by atoms with Crippen molar-refractivity contribution >= 4 is 11.5 Å². The number of allylic oxidation sites excluding steroid dienone is 2. The lowest BCUT2D eigenvalue weighted by Crippen LogP contribution is -1.97. The van der Waals surface area contributed by atoms with E-state index in [9.17, 15) is 0 Å². The third-order valence-corrected chi connectivity index (χ3v) is 4.39. The SMILES string of the molecule is C/C=C\C(CCc1ccc(Cc2cc(-c3cccnc3N)on2)cc1)=NC.CC. The highest BCUT2D eigenvalue weighted by Crippen LogP contribution is 2.25. The summed E-state index contributed by atoms with van der Waals surface area (Å²) in [7, 11) is 1.84. The monoisotopic (exact) mass is 390 g/mol. The third kappa shape index (κ3) is 6.42. The predicted octanol–water partition coefficient (Wildman–Crippen LogP) is 5.52. The fourth-order valence-corrected chi connectivity index (χ4v) is 2.92. The van der Waals surface area contributed by atoms with Crippen LogP contribution in [0.3, 0.4) is 0 Å². The van der Waals surface area contributed by atoms with E-state index in [0.29, 0.717) is 18.0 Å². The second kappa shape index (κ2) is 11.6. The number of aliphatic imine (C=N–C) groups is 1. The normalized spacial score (nSPS) is 11.4. The van der Waals surface area contributed by atoms with Gasteiger partial charge in [-0.25, -0.2) is 4.98 Å². The van der Waals surface area contributed by atoms with Crippen molar-refractivity contribution in [1.29, 1.82) is 0 Å². The van der Waals surface area contributed by atoms with Crippen molar-refractivity contribution in [2.24, 2.45) is 4.99 Å². The third-order valence-electron chi connectivity index (χ3n) is 4.39. The molecule has 152 valence electrons. The fourth-order valence-electron chi connectivity index (χ4n) is 2.92. The maximum Gasteiger partial charge on any atom is 0.170 e. The molecule has 0 radical (unpaired) electrons. The molecule has 0 aliphatic heterocycles. The van der Waals surface area contributed by atoms with Gasteiger partial charge < -0.3 is 10.3 Å². The molecule has 0 unspecified atom stereocenters. The average Bonchev–Trinajstić information content (AvgIpc) is 3.22. The van der Waals surface area contributed by atoms with Gasteiger partial charge in [-0.3, -0.25) is 4.99 Å². The summed E-state index contributed by atoms with van der Waals surface area (Å²) in [5, 5.41) is 4.16. The largest absolute Gasteiger partial charge is 0.383 e. The lowest BCUT2D eigenvalue weighted by atomic mass is 10.0. The molecule has 2 heterocycles.